The summed E-state index contributed by atoms with van der Waals surface area (Å²) in [7, 11) is 5.21. The fourth-order valence-corrected chi connectivity index (χ4v) is 8.28. The van der Waals surface area contributed by atoms with Crippen LogP contribution in [-0.2, 0) is 27.2 Å². The quantitative estimate of drug-likeness (QED) is 0.0894. The first-order chi connectivity index (χ1) is 24.1. The van der Waals surface area contributed by atoms with Crippen molar-refractivity contribution < 1.29 is 33.3 Å². The monoisotopic (exact) mass is 739 g/mol. The molecule has 0 amide bonds. The zero-order valence-electron chi connectivity index (χ0n) is 28.0. The van der Waals surface area contributed by atoms with E-state index >= 15 is 0 Å². The Bertz CT molecular complexity index is 1790. The maximum absolute atomic E-state index is 13.6. The maximum atomic E-state index is 13.6. The number of esters is 2. The number of aromatic nitrogens is 1. The van der Waals surface area contributed by atoms with Crippen LogP contribution < -0.4 is 19.5 Å². The van der Waals surface area contributed by atoms with Gasteiger partial charge < -0.3 is 29.1 Å². The Balaban J connectivity index is 1.17. The van der Waals surface area contributed by atoms with Crippen LogP contribution in [0.15, 0.2) is 73.1 Å². The summed E-state index contributed by atoms with van der Waals surface area (Å²) < 4.78 is 23.6. The minimum atomic E-state index is -0.837. The molecule has 1 N–H and O–H groups in total. The molecule has 4 aromatic rings. The molecule has 50 heavy (non-hydrogen) atoms. The molecule has 0 saturated carbocycles. The van der Waals surface area contributed by atoms with Gasteiger partial charge in [-0.05, 0) is 68.1 Å². The average molecular weight is 741 g/mol. The van der Waals surface area contributed by atoms with Gasteiger partial charge in [0.25, 0.3) is 0 Å². The van der Waals surface area contributed by atoms with Crippen molar-refractivity contribution in [1.82, 2.24) is 10.2 Å². The first-order valence-corrected chi connectivity index (χ1v) is 18.0. The van der Waals surface area contributed by atoms with E-state index in [2.05, 4.69) is 17.3 Å². The van der Waals surface area contributed by atoms with Crippen LogP contribution in [0.25, 0.3) is 0 Å². The summed E-state index contributed by atoms with van der Waals surface area (Å²) in [6.07, 6.45) is 5.54. The number of hydrogen-bond acceptors (Lipinski definition) is 10. The molecular weight excluding hydrogens is 701 g/mol. The molecule has 264 valence electrons. The van der Waals surface area contributed by atoms with Crippen molar-refractivity contribution in [2.24, 2.45) is 0 Å². The summed E-state index contributed by atoms with van der Waals surface area (Å²) in [5.74, 6) is 0.0998. The van der Waals surface area contributed by atoms with Crippen molar-refractivity contribution in [2.45, 2.75) is 69.0 Å². The van der Waals surface area contributed by atoms with Crippen molar-refractivity contribution >= 4 is 46.5 Å². The van der Waals surface area contributed by atoms with Gasteiger partial charge in [-0.25, -0.2) is 9.59 Å². The molecule has 13 heteroatoms. The topological polar surface area (TPSA) is 113 Å². The highest BCUT2D eigenvalue weighted by Gasteiger charge is 2.40. The molecule has 10 nitrogen and oxygen atoms in total. The lowest BCUT2D eigenvalue weighted by molar-refractivity contribution is -0.605. The smallest absolute Gasteiger partial charge is 0.348 e. The van der Waals surface area contributed by atoms with Gasteiger partial charge in [-0.2, -0.15) is 4.73 Å². The summed E-state index contributed by atoms with van der Waals surface area (Å²) in [4.78, 5) is 30.8. The molecule has 2 aromatic heterocycles. The summed E-state index contributed by atoms with van der Waals surface area (Å²) >= 11 is 14.1. The lowest BCUT2D eigenvalue weighted by atomic mass is 10.00. The highest BCUT2D eigenvalue weighted by Crippen LogP contribution is 2.37. The number of nitrogens with zero attached hydrogens (tertiary/aromatic N) is 2. The van der Waals surface area contributed by atoms with Crippen molar-refractivity contribution in [3.8, 4) is 11.5 Å². The van der Waals surface area contributed by atoms with Gasteiger partial charge in [0.05, 0.1) is 14.2 Å². The Kier molecular flexibility index (Phi) is 11.5. The van der Waals surface area contributed by atoms with E-state index in [4.69, 9.17) is 42.1 Å². The third-order valence-corrected chi connectivity index (χ3v) is 11.2. The molecule has 0 spiro atoms. The summed E-state index contributed by atoms with van der Waals surface area (Å²) in [6, 6.07) is 18.5. The lowest BCUT2D eigenvalue weighted by Crippen LogP contribution is -2.44. The van der Waals surface area contributed by atoms with Crippen molar-refractivity contribution in [3.05, 3.63) is 115 Å². The molecule has 2 aromatic carbocycles. The fraction of sp³-hybridized carbons (Fsp3) is 0.378. The molecule has 2 bridgehead atoms. The normalized spacial score (nSPS) is 19.8. The molecule has 0 radical (unpaired) electrons. The number of ether oxygens (including phenoxy) is 4. The van der Waals surface area contributed by atoms with Gasteiger partial charge in [0.15, 0.2) is 23.9 Å². The van der Waals surface area contributed by atoms with Gasteiger partial charge in [-0.1, -0.05) is 59.6 Å². The van der Waals surface area contributed by atoms with E-state index in [9.17, 15) is 14.8 Å². The number of pyridine rings is 1. The third-order valence-electron chi connectivity index (χ3n) is 9.53. The first kappa shape index (κ1) is 35.9. The second kappa shape index (κ2) is 16.0. The van der Waals surface area contributed by atoms with E-state index in [0.29, 0.717) is 50.9 Å². The van der Waals surface area contributed by atoms with Gasteiger partial charge in [0.2, 0.25) is 0 Å². The number of halogens is 2. The van der Waals surface area contributed by atoms with Crippen molar-refractivity contribution in [2.75, 3.05) is 21.3 Å². The number of benzene rings is 2. The van der Waals surface area contributed by atoms with E-state index in [0.717, 1.165) is 36.1 Å². The highest BCUT2D eigenvalue weighted by molar-refractivity contribution is 7.13. The summed E-state index contributed by atoms with van der Waals surface area (Å²) in [5, 5.41) is 15.5. The molecule has 2 aliphatic heterocycles. The number of hydrogen-bond donors (Lipinski definition) is 1. The van der Waals surface area contributed by atoms with Crippen LogP contribution in [0.1, 0.15) is 69.1 Å². The summed E-state index contributed by atoms with van der Waals surface area (Å²) in [6.45, 7) is 0.328. The molecule has 0 aliphatic carbocycles. The number of rotatable bonds is 13. The van der Waals surface area contributed by atoms with Crippen LogP contribution in [-0.4, -0.2) is 56.3 Å². The summed E-state index contributed by atoms with van der Waals surface area (Å²) in [5.41, 5.74) is 1.88. The van der Waals surface area contributed by atoms with Gasteiger partial charge in [-0.3, -0.25) is 5.32 Å². The zero-order valence-corrected chi connectivity index (χ0v) is 30.3. The predicted octanol–water partition coefficient (Wildman–Crippen LogP) is 6.85. The number of fused-ring (bicyclic) bond motifs is 2. The maximum Gasteiger partial charge on any atom is 0.348 e. The van der Waals surface area contributed by atoms with Crippen LogP contribution in [0.2, 0.25) is 10.0 Å². The second-order valence-corrected chi connectivity index (χ2v) is 14.6. The Morgan fingerprint density at radius 3 is 2.30 bits per heavy atom. The number of thiophene rings is 1. The molecule has 4 heterocycles. The van der Waals surface area contributed by atoms with Crippen molar-refractivity contribution in [1.29, 1.82) is 0 Å². The van der Waals surface area contributed by atoms with Gasteiger partial charge in [-0.15, -0.1) is 11.3 Å². The van der Waals surface area contributed by atoms with Crippen LogP contribution in [0.3, 0.4) is 0 Å². The largest absolute Gasteiger partial charge is 0.619 e. The van der Waals surface area contributed by atoms with E-state index in [1.54, 1.807) is 24.3 Å². The zero-order chi connectivity index (χ0) is 35.4. The third kappa shape index (κ3) is 8.19. The average Bonchev–Trinajstić information content (AvgIpc) is 3.65. The molecule has 2 fully saturated rings. The Hall–Kier alpha value is -3.87. The molecular formula is C37H39Cl2N3O7S. The van der Waals surface area contributed by atoms with Gasteiger partial charge in [0, 0.05) is 35.5 Å². The van der Waals surface area contributed by atoms with E-state index in [1.807, 2.05) is 36.4 Å². The molecule has 6 rings (SSSR count). The first-order valence-electron chi connectivity index (χ1n) is 16.4. The molecule has 2 saturated heterocycles. The number of carbonyl (C=O) groups excluding carboxylic acids is 2. The fourth-order valence-electron chi connectivity index (χ4n) is 6.84. The van der Waals surface area contributed by atoms with Gasteiger partial charge >= 0.3 is 11.9 Å². The molecule has 2 aliphatic rings. The number of nitrogens with one attached hydrogen (secondary N) is 1. The van der Waals surface area contributed by atoms with Crippen LogP contribution in [0, 0.1) is 5.21 Å². The Labute approximate surface area is 305 Å². The van der Waals surface area contributed by atoms with E-state index in [-0.39, 0.29) is 28.5 Å². The number of piperidine rings is 1. The lowest BCUT2D eigenvalue weighted by Gasteiger charge is -2.36. The van der Waals surface area contributed by atoms with Crippen LogP contribution in [0.5, 0.6) is 11.5 Å². The molecule has 1 unspecified atom stereocenters. The van der Waals surface area contributed by atoms with E-state index < -0.39 is 18.1 Å². The molecule has 4 atom stereocenters. The predicted molar refractivity (Wildman–Crippen MR) is 191 cm³/mol. The SMILES string of the molecule is COc1ccc([C@H](Cc2c(Cl)c[n+]([O-])cc2Cl)OC(=O)c2ccc(CNC(C(=O)OC3C[C@H]4CC[C@H](C3)N4C)c3ccccc3)s2)cc1OC. The Morgan fingerprint density at radius 1 is 0.960 bits per heavy atom. The van der Waals surface area contributed by atoms with Crippen molar-refractivity contribution in [3.63, 3.8) is 0 Å². The second-order valence-electron chi connectivity index (χ2n) is 12.6. The Morgan fingerprint density at radius 2 is 1.64 bits per heavy atom. The minimum absolute atomic E-state index is 0.0964. The number of carbonyl (C=O) groups is 2. The number of methoxy groups -OCH3 is 2. The highest BCUT2D eigenvalue weighted by atomic mass is 35.5. The van der Waals surface area contributed by atoms with Crippen LogP contribution >= 0.6 is 34.5 Å². The van der Waals surface area contributed by atoms with Crippen LogP contribution in [0.4, 0.5) is 0 Å². The van der Waals surface area contributed by atoms with Gasteiger partial charge in [0.1, 0.15) is 33.2 Å². The van der Waals surface area contributed by atoms with E-state index in [1.165, 1.54) is 38.0 Å². The standard InChI is InChI=1S/C37H39Cl2N3O7S/c1-41-24-10-11-25(41)17-26(16-24)48-37(44)35(22-7-5-4-6-8-22)40-19-27-12-14-34(50-27)36(43)49-32(18-28-29(38)20-42(45)21-30(28)39)23-9-13-31(46-2)33(15-23)47-3/h4-9,12-15,20-21,24-26,32,35,40H,10-11,16-19H2,1-3H3/t24-,25-,32+,35?/m1/s1. The minimum Gasteiger partial charge on any atom is -0.619 e.